The molecular weight excluding hydrogens is 384 g/mol. The molecule has 0 bridgehead atoms. The van der Waals surface area contributed by atoms with Crippen molar-refractivity contribution >= 4 is 5.78 Å². The van der Waals surface area contributed by atoms with Crippen molar-refractivity contribution in [2.24, 2.45) is 34.5 Å². The van der Waals surface area contributed by atoms with E-state index >= 15 is 0 Å². The molecule has 0 aromatic carbocycles. The first-order chi connectivity index (χ1) is 14.3. The molecule has 3 saturated carbocycles. The van der Waals surface area contributed by atoms with Gasteiger partial charge in [0.1, 0.15) is 12.2 Å². The Morgan fingerprint density at radius 3 is 2.73 bits per heavy atom. The first-order valence-electron chi connectivity index (χ1n) is 11.4. The van der Waals surface area contributed by atoms with Gasteiger partial charge in [0.25, 0.3) is 0 Å². The summed E-state index contributed by atoms with van der Waals surface area (Å²) in [6, 6.07) is 0. The van der Waals surface area contributed by atoms with E-state index in [1.807, 2.05) is 6.08 Å². The maximum absolute atomic E-state index is 12.0. The number of hydrogen-bond donors (Lipinski definition) is 1. The highest BCUT2D eigenvalue weighted by atomic mass is 16.9. The number of carbonyl (C=O) groups excluding carboxylic acids is 1. The second kappa shape index (κ2) is 6.04. The Morgan fingerprint density at radius 2 is 1.97 bits per heavy atom. The Bertz CT molecular complexity index is 837. The van der Waals surface area contributed by atoms with E-state index in [0.717, 1.165) is 19.3 Å². The molecule has 4 aliphatic carbocycles. The molecule has 2 saturated heterocycles. The average Bonchev–Trinajstić information content (AvgIpc) is 3.38. The van der Waals surface area contributed by atoms with Gasteiger partial charge >= 0.3 is 0 Å². The zero-order valence-electron chi connectivity index (χ0n) is 18.1. The average molecular weight is 417 g/mol. The molecule has 164 valence electrons. The molecule has 2 spiro atoms. The Labute approximate surface area is 177 Å². The number of ketones is 1. The van der Waals surface area contributed by atoms with Gasteiger partial charge in [-0.3, -0.25) is 4.79 Å². The van der Waals surface area contributed by atoms with Crippen LogP contribution in [0.15, 0.2) is 23.8 Å². The third kappa shape index (κ3) is 2.06. The van der Waals surface area contributed by atoms with Gasteiger partial charge in [-0.15, -0.1) is 0 Å². The van der Waals surface area contributed by atoms with Gasteiger partial charge in [0, 0.05) is 16.7 Å². The van der Waals surface area contributed by atoms with Crippen LogP contribution in [-0.2, 0) is 23.7 Å². The zero-order valence-corrected chi connectivity index (χ0v) is 18.1. The topological polar surface area (TPSA) is 74.2 Å². The van der Waals surface area contributed by atoms with Crippen LogP contribution in [0.2, 0.25) is 0 Å². The van der Waals surface area contributed by atoms with Gasteiger partial charge in [-0.1, -0.05) is 32.4 Å². The van der Waals surface area contributed by atoms with Crippen LogP contribution in [0.5, 0.6) is 0 Å². The molecule has 6 rings (SSSR count). The van der Waals surface area contributed by atoms with Gasteiger partial charge in [-0.2, -0.15) is 0 Å². The molecule has 9 atom stereocenters. The predicted molar refractivity (Wildman–Crippen MR) is 107 cm³/mol. The molecule has 6 aliphatic rings. The number of carbonyl (C=O) groups is 1. The summed E-state index contributed by atoms with van der Waals surface area (Å²) in [4.78, 5) is 12.0. The van der Waals surface area contributed by atoms with Gasteiger partial charge in [0.2, 0.25) is 5.79 Å². The van der Waals surface area contributed by atoms with Gasteiger partial charge in [0.05, 0.1) is 6.10 Å². The number of ether oxygens (including phenoxy) is 4. The maximum Gasteiger partial charge on any atom is 0.227 e. The van der Waals surface area contributed by atoms with Crippen molar-refractivity contribution < 1.29 is 28.8 Å². The minimum atomic E-state index is -0.886. The maximum atomic E-state index is 12.0. The summed E-state index contributed by atoms with van der Waals surface area (Å²) in [6.45, 7) is 7.54. The monoisotopic (exact) mass is 416 g/mol. The van der Waals surface area contributed by atoms with E-state index in [4.69, 9.17) is 18.9 Å². The van der Waals surface area contributed by atoms with Crippen molar-refractivity contribution in [2.45, 2.75) is 63.9 Å². The first-order valence-corrected chi connectivity index (χ1v) is 11.4. The number of allylic oxidation sites excluding steroid dienone is 4. The highest BCUT2D eigenvalue weighted by Gasteiger charge is 2.79. The third-order valence-corrected chi connectivity index (χ3v) is 9.85. The van der Waals surface area contributed by atoms with E-state index in [0.29, 0.717) is 24.9 Å². The van der Waals surface area contributed by atoms with Crippen LogP contribution >= 0.6 is 0 Å². The fraction of sp³-hybridized carbons (Fsp3) is 0.792. The third-order valence-electron chi connectivity index (χ3n) is 9.85. The van der Waals surface area contributed by atoms with Crippen molar-refractivity contribution in [3.63, 3.8) is 0 Å². The summed E-state index contributed by atoms with van der Waals surface area (Å²) >= 11 is 0. The summed E-state index contributed by atoms with van der Waals surface area (Å²) in [5.74, 6) is 0.291. The van der Waals surface area contributed by atoms with E-state index in [2.05, 4.69) is 26.8 Å². The van der Waals surface area contributed by atoms with Crippen molar-refractivity contribution in [1.29, 1.82) is 0 Å². The lowest BCUT2D eigenvalue weighted by molar-refractivity contribution is -0.266. The number of rotatable bonds is 0. The first kappa shape index (κ1) is 19.6. The fourth-order valence-electron chi connectivity index (χ4n) is 8.85. The van der Waals surface area contributed by atoms with E-state index in [1.54, 1.807) is 6.08 Å². The molecule has 0 aromatic rings. The van der Waals surface area contributed by atoms with Gasteiger partial charge in [0.15, 0.2) is 19.4 Å². The van der Waals surface area contributed by atoms with Crippen molar-refractivity contribution in [3.8, 4) is 0 Å². The Hall–Kier alpha value is -1.05. The van der Waals surface area contributed by atoms with Crippen LogP contribution in [0.4, 0.5) is 0 Å². The number of fused-ring (bicyclic) bond motifs is 7. The quantitative estimate of drug-likeness (QED) is 0.655. The molecule has 6 nitrogen and oxygen atoms in total. The van der Waals surface area contributed by atoms with Crippen LogP contribution in [0, 0.1) is 34.5 Å². The van der Waals surface area contributed by atoms with E-state index in [-0.39, 0.29) is 42.0 Å². The van der Waals surface area contributed by atoms with E-state index in [9.17, 15) is 9.90 Å². The SMILES string of the molecule is C[C@H]1C[C@H]2[C@@H]3CCC4=CC(=O)C=C[C@]4(C)[C@H]3[C@H](O)C[C@]2(C)C12OCOC21COCO1. The lowest BCUT2D eigenvalue weighted by atomic mass is 9.46. The van der Waals surface area contributed by atoms with Crippen LogP contribution in [0.1, 0.15) is 46.5 Å². The molecule has 0 amide bonds. The fourth-order valence-corrected chi connectivity index (χ4v) is 8.85. The second-order valence-electron chi connectivity index (χ2n) is 10.9. The molecule has 2 unspecified atom stereocenters. The smallest absolute Gasteiger partial charge is 0.227 e. The normalized spacial score (nSPS) is 56.9. The minimum Gasteiger partial charge on any atom is -0.393 e. The Balaban J connectivity index is 1.44. The van der Waals surface area contributed by atoms with Crippen molar-refractivity contribution in [3.05, 3.63) is 23.8 Å². The lowest BCUT2D eigenvalue weighted by Gasteiger charge is -2.61. The molecule has 2 aliphatic heterocycles. The van der Waals surface area contributed by atoms with Crippen LogP contribution in [-0.4, -0.2) is 48.6 Å². The van der Waals surface area contributed by atoms with Crippen LogP contribution in [0.25, 0.3) is 0 Å². The van der Waals surface area contributed by atoms with Crippen molar-refractivity contribution in [2.75, 3.05) is 20.2 Å². The number of aliphatic hydroxyl groups is 1. The molecule has 5 fully saturated rings. The van der Waals surface area contributed by atoms with Crippen molar-refractivity contribution in [1.82, 2.24) is 0 Å². The standard InChI is InChI=1S/C24H32O6/c1-14-8-18-17-5-4-15-9-16(25)6-7-21(15,2)20(17)19(26)10-22(18,3)24(14)23(29-13-30-24)11-27-12-28-23/h6-7,9,14,17-20,26H,4-5,8,10-13H2,1-3H3/t14-,17-,18-,19+,20+,21-,22-,23?,24?/m0/s1. The Morgan fingerprint density at radius 1 is 1.17 bits per heavy atom. The lowest BCUT2D eigenvalue weighted by Crippen LogP contribution is -2.67. The van der Waals surface area contributed by atoms with Gasteiger partial charge in [-0.25, -0.2) is 0 Å². The highest BCUT2D eigenvalue weighted by molar-refractivity contribution is 6.01. The van der Waals surface area contributed by atoms with E-state index in [1.165, 1.54) is 5.57 Å². The summed E-state index contributed by atoms with van der Waals surface area (Å²) < 4.78 is 24.3. The predicted octanol–water partition coefficient (Wildman–Crippen LogP) is 2.95. The zero-order chi connectivity index (χ0) is 20.9. The largest absolute Gasteiger partial charge is 0.393 e. The Kier molecular flexibility index (Phi) is 3.95. The summed E-state index contributed by atoms with van der Waals surface area (Å²) in [5, 5.41) is 11.6. The molecule has 6 heteroatoms. The summed E-state index contributed by atoms with van der Waals surface area (Å²) in [7, 11) is 0. The van der Waals surface area contributed by atoms with Gasteiger partial charge in [-0.05, 0) is 55.6 Å². The van der Waals surface area contributed by atoms with Crippen LogP contribution < -0.4 is 0 Å². The molecule has 0 aromatic heterocycles. The minimum absolute atomic E-state index is 0.0707. The second-order valence-corrected chi connectivity index (χ2v) is 10.9. The van der Waals surface area contributed by atoms with Crippen LogP contribution in [0.3, 0.4) is 0 Å². The number of aliphatic hydroxyl groups excluding tert-OH is 1. The highest BCUT2D eigenvalue weighted by Crippen LogP contribution is 2.72. The molecule has 30 heavy (non-hydrogen) atoms. The molecule has 2 heterocycles. The molecule has 0 radical (unpaired) electrons. The summed E-state index contributed by atoms with van der Waals surface area (Å²) in [6.07, 6.45) is 8.66. The number of hydrogen-bond acceptors (Lipinski definition) is 6. The summed E-state index contributed by atoms with van der Waals surface area (Å²) in [5.41, 5.74) is 0.0313. The van der Waals surface area contributed by atoms with Gasteiger partial charge < -0.3 is 24.1 Å². The van der Waals surface area contributed by atoms with E-state index < -0.39 is 17.5 Å². The molecule has 1 N–H and O–H groups in total. The molecular formula is C24H32O6.